The molecule has 4 rings (SSSR count). The topological polar surface area (TPSA) is 86.0 Å². The summed E-state index contributed by atoms with van der Waals surface area (Å²) in [4.78, 5) is 13.1. The normalized spacial score (nSPS) is 12.0. The lowest BCUT2D eigenvalue weighted by atomic mass is 10.2. The third-order valence-electron chi connectivity index (χ3n) is 5.06. The molecule has 0 aliphatic rings. The van der Waals surface area contributed by atoms with Gasteiger partial charge in [0.1, 0.15) is 5.56 Å². The smallest absolute Gasteiger partial charge is 0.348 e. The van der Waals surface area contributed by atoms with Crippen LogP contribution in [0.5, 0.6) is 0 Å². The highest BCUT2D eigenvalue weighted by Gasteiger charge is 2.31. The molecule has 0 unspecified atom stereocenters. The van der Waals surface area contributed by atoms with Crippen molar-refractivity contribution in [1.82, 2.24) is 19.7 Å². The van der Waals surface area contributed by atoms with Gasteiger partial charge in [-0.1, -0.05) is 18.2 Å². The highest BCUT2D eigenvalue weighted by Crippen LogP contribution is 2.31. The summed E-state index contributed by atoms with van der Waals surface area (Å²) >= 11 is 0. The fraction of sp³-hybridized carbons (Fsp3) is 0.130. The number of carbonyl (C=O) groups is 1. The van der Waals surface area contributed by atoms with Crippen LogP contribution in [0.4, 0.5) is 13.2 Å². The number of benzene rings is 2. The van der Waals surface area contributed by atoms with Gasteiger partial charge in [-0.3, -0.25) is 4.79 Å². The average Bonchev–Trinajstić information content (AvgIpc) is 3.46. The maximum Gasteiger partial charge on any atom is 0.416 e. The van der Waals surface area contributed by atoms with Crippen LogP contribution >= 0.6 is 0 Å². The quantitative estimate of drug-likeness (QED) is 0.444. The predicted molar refractivity (Wildman–Crippen MR) is 119 cm³/mol. The van der Waals surface area contributed by atoms with Crippen LogP contribution in [-0.2, 0) is 22.6 Å². The van der Waals surface area contributed by atoms with Crippen LogP contribution in [0.25, 0.3) is 11.5 Å². The number of halogens is 3. The molecule has 0 aliphatic heterocycles. The SMILES string of the molecule is CS(=O)(=O)c1ccc(CNC(=O)c2cnn(-c3cccc(C(F)(F)F)c3)c2-n2cccc2)cc1. The molecule has 4 aromatic rings. The first-order chi connectivity index (χ1) is 16.0. The highest BCUT2D eigenvalue weighted by molar-refractivity contribution is 7.90. The van der Waals surface area contributed by atoms with Crippen LogP contribution in [-0.4, -0.2) is 34.9 Å². The Bertz CT molecular complexity index is 1430. The third-order valence-corrected chi connectivity index (χ3v) is 6.19. The van der Waals surface area contributed by atoms with E-state index in [1.807, 2.05) is 0 Å². The van der Waals surface area contributed by atoms with E-state index in [-0.39, 0.29) is 28.5 Å². The summed E-state index contributed by atoms with van der Waals surface area (Å²) in [5.41, 5.74) is 0.145. The van der Waals surface area contributed by atoms with Crippen LogP contribution in [0.1, 0.15) is 21.5 Å². The molecular weight excluding hydrogens is 469 g/mol. The fourth-order valence-corrected chi connectivity index (χ4v) is 3.99. The van der Waals surface area contributed by atoms with Gasteiger partial charge in [-0.2, -0.15) is 18.3 Å². The van der Waals surface area contributed by atoms with E-state index >= 15 is 0 Å². The van der Waals surface area contributed by atoms with Gasteiger partial charge in [-0.05, 0) is 48.0 Å². The Morgan fingerprint density at radius 2 is 1.71 bits per heavy atom. The number of nitrogens with zero attached hydrogens (tertiary/aromatic N) is 3. The second kappa shape index (κ2) is 8.82. The second-order valence-corrected chi connectivity index (χ2v) is 9.55. The molecule has 7 nitrogen and oxygen atoms in total. The number of aromatic nitrogens is 3. The van der Waals surface area contributed by atoms with Crippen molar-refractivity contribution in [3.8, 4) is 11.5 Å². The molecule has 11 heteroatoms. The van der Waals surface area contributed by atoms with Crippen molar-refractivity contribution < 1.29 is 26.4 Å². The summed E-state index contributed by atoms with van der Waals surface area (Å²) in [6.07, 6.45) is 1.18. The lowest BCUT2D eigenvalue weighted by molar-refractivity contribution is -0.137. The van der Waals surface area contributed by atoms with Gasteiger partial charge in [0.05, 0.1) is 22.3 Å². The molecule has 0 radical (unpaired) electrons. The standard InChI is InChI=1S/C23H19F3N4O3S/c1-34(32,33)19-9-7-16(8-10-19)14-27-21(31)20-15-28-30(22(20)29-11-2-3-12-29)18-6-4-5-17(13-18)23(24,25)26/h2-13,15H,14H2,1H3,(H,27,31). The fourth-order valence-electron chi connectivity index (χ4n) is 3.36. The Hall–Kier alpha value is -3.86. The largest absolute Gasteiger partial charge is 0.416 e. The summed E-state index contributed by atoms with van der Waals surface area (Å²) in [7, 11) is -3.33. The molecule has 0 fully saturated rings. The number of rotatable bonds is 6. The average molecular weight is 488 g/mol. The number of alkyl halides is 3. The monoisotopic (exact) mass is 488 g/mol. The number of hydrogen-bond donors (Lipinski definition) is 1. The van der Waals surface area contributed by atoms with E-state index < -0.39 is 27.5 Å². The number of carbonyl (C=O) groups excluding carboxylic acids is 1. The maximum absolute atomic E-state index is 13.2. The molecule has 2 aromatic heterocycles. The van der Waals surface area contributed by atoms with Crippen molar-refractivity contribution >= 4 is 15.7 Å². The summed E-state index contributed by atoms with van der Waals surface area (Å²) in [6, 6.07) is 14.2. The molecular formula is C23H19F3N4O3S. The number of nitrogens with one attached hydrogen (secondary N) is 1. The Morgan fingerprint density at radius 3 is 2.32 bits per heavy atom. The Balaban J connectivity index is 1.64. The molecule has 0 atom stereocenters. The Kier molecular flexibility index (Phi) is 6.05. The van der Waals surface area contributed by atoms with E-state index in [4.69, 9.17) is 0 Å². The maximum atomic E-state index is 13.2. The predicted octanol–water partition coefficient (Wildman–Crippen LogP) is 4.02. The van der Waals surface area contributed by atoms with Gasteiger partial charge in [0.15, 0.2) is 15.7 Å². The molecule has 2 heterocycles. The molecule has 1 amide bonds. The number of amides is 1. The molecule has 2 aromatic carbocycles. The molecule has 1 N–H and O–H groups in total. The van der Waals surface area contributed by atoms with Crippen LogP contribution in [0.2, 0.25) is 0 Å². The number of sulfone groups is 1. The summed E-state index contributed by atoms with van der Waals surface area (Å²) < 4.78 is 65.7. The van der Waals surface area contributed by atoms with Gasteiger partial charge in [0.2, 0.25) is 0 Å². The van der Waals surface area contributed by atoms with Crippen LogP contribution < -0.4 is 5.32 Å². The van der Waals surface area contributed by atoms with E-state index in [1.165, 1.54) is 35.1 Å². The minimum Gasteiger partial charge on any atom is -0.348 e. The van der Waals surface area contributed by atoms with E-state index in [0.29, 0.717) is 5.56 Å². The third kappa shape index (κ3) is 4.88. The van der Waals surface area contributed by atoms with Crippen molar-refractivity contribution in [2.45, 2.75) is 17.6 Å². The zero-order chi connectivity index (χ0) is 24.5. The van der Waals surface area contributed by atoms with E-state index in [2.05, 4.69) is 10.4 Å². The van der Waals surface area contributed by atoms with Crippen molar-refractivity contribution in [3.05, 3.63) is 95.9 Å². The van der Waals surface area contributed by atoms with Crippen molar-refractivity contribution in [2.24, 2.45) is 0 Å². The second-order valence-electron chi connectivity index (χ2n) is 7.53. The lowest BCUT2D eigenvalue weighted by Crippen LogP contribution is -2.24. The van der Waals surface area contributed by atoms with Gasteiger partial charge in [-0.15, -0.1) is 0 Å². The van der Waals surface area contributed by atoms with E-state index in [0.717, 1.165) is 18.4 Å². The molecule has 0 spiro atoms. The van der Waals surface area contributed by atoms with Crippen molar-refractivity contribution in [1.29, 1.82) is 0 Å². The molecule has 0 bridgehead atoms. The summed E-state index contributed by atoms with van der Waals surface area (Å²) in [5, 5.41) is 6.92. The van der Waals surface area contributed by atoms with Gasteiger partial charge in [-0.25, -0.2) is 13.1 Å². The Labute approximate surface area is 193 Å². The summed E-state index contributed by atoms with van der Waals surface area (Å²) in [5.74, 6) is -0.219. The Morgan fingerprint density at radius 1 is 1.03 bits per heavy atom. The summed E-state index contributed by atoms with van der Waals surface area (Å²) in [6.45, 7) is 0.114. The minimum absolute atomic E-state index is 0.114. The van der Waals surface area contributed by atoms with Crippen molar-refractivity contribution in [3.63, 3.8) is 0 Å². The first-order valence-electron chi connectivity index (χ1n) is 10.0. The molecule has 34 heavy (non-hydrogen) atoms. The van der Waals surface area contributed by atoms with Crippen LogP contribution in [0, 0.1) is 0 Å². The molecule has 176 valence electrons. The first-order valence-corrected chi connectivity index (χ1v) is 11.9. The van der Waals surface area contributed by atoms with E-state index in [1.54, 1.807) is 41.2 Å². The van der Waals surface area contributed by atoms with Gasteiger partial charge in [0, 0.05) is 25.2 Å². The molecule has 0 aliphatic carbocycles. The van der Waals surface area contributed by atoms with Crippen LogP contribution in [0.15, 0.2) is 84.1 Å². The number of hydrogen-bond acceptors (Lipinski definition) is 4. The molecule has 0 saturated carbocycles. The molecule has 0 saturated heterocycles. The zero-order valence-corrected chi connectivity index (χ0v) is 18.6. The first kappa shape index (κ1) is 23.3. The van der Waals surface area contributed by atoms with E-state index in [9.17, 15) is 26.4 Å². The van der Waals surface area contributed by atoms with Crippen molar-refractivity contribution in [2.75, 3.05) is 6.26 Å². The van der Waals surface area contributed by atoms with Gasteiger partial charge < -0.3 is 9.88 Å². The minimum atomic E-state index is -4.52. The zero-order valence-electron chi connectivity index (χ0n) is 17.8. The van der Waals surface area contributed by atoms with Gasteiger partial charge in [0.25, 0.3) is 5.91 Å². The highest BCUT2D eigenvalue weighted by atomic mass is 32.2. The lowest BCUT2D eigenvalue weighted by Gasteiger charge is -2.13. The van der Waals surface area contributed by atoms with Gasteiger partial charge >= 0.3 is 6.18 Å². The van der Waals surface area contributed by atoms with Crippen LogP contribution in [0.3, 0.4) is 0 Å².